The fraction of sp³-hybridized carbons (Fsp3) is 0.421. The molecule has 0 aliphatic carbocycles. The lowest BCUT2D eigenvalue weighted by molar-refractivity contribution is 0.524. The van der Waals surface area contributed by atoms with Crippen molar-refractivity contribution in [1.29, 1.82) is 0 Å². The normalized spacial score (nSPS) is 12.2. The predicted molar refractivity (Wildman–Crippen MR) is 89.3 cm³/mol. The van der Waals surface area contributed by atoms with Crippen LogP contribution in [0.2, 0.25) is 0 Å². The summed E-state index contributed by atoms with van der Waals surface area (Å²) in [5.74, 6) is 0.656. The smallest absolute Gasteiger partial charge is 0.0299 e. The Labute approximate surface area is 128 Å². The fourth-order valence-corrected chi connectivity index (χ4v) is 2.83. The molecule has 21 heavy (non-hydrogen) atoms. The number of rotatable bonds is 9. The first kappa shape index (κ1) is 15.7. The second kappa shape index (κ2) is 9.30. The molecular formula is C19H26N2. The molecule has 1 unspecified atom stereocenters. The molecule has 2 N–H and O–H groups in total. The molecule has 2 aromatic rings. The van der Waals surface area contributed by atoms with Crippen molar-refractivity contribution in [2.24, 2.45) is 5.73 Å². The quantitative estimate of drug-likeness (QED) is 0.696. The highest BCUT2D eigenvalue weighted by Crippen LogP contribution is 2.27. The summed E-state index contributed by atoms with van der Waals surface area (Å²) in [5.41, 5.74) is 8.49. The number of benzene rings is 1. The van der Waals surface area contributed by atoms with Gasteiger partial charge in [-0.1, -0.05) is 42.8 Å². The van der Waals surface area contributed by atoms with Crippen molar-refractivity contribution >= 4 is 0 Å². The van der Waals surface area contributed by atoms with Crippen LogP contribution in [0.3, 0.4) is 0 Å². The number of unbranched alkanes of at least 4 members (excludes halogenated alkanes) is 1. The molecule has 0 radical (unpaired) electrons. The standard InChI is InChI=1S/C19H26N2/c20-14-6-13-19(18-10-2-1-3-11-18)12-5-4-8-17-9-7-15-21-16-17/h1-3,7,9-11,15-16,19H,4-6,8,12-14,20H2. The lowest BCUT2D eigenvalue weighted by atomic mass is 9.89. The molecule has 2 heteroatoms. The molecule has 0 aliphatic rings. The molecular weight excluding hydrogens is 256 g/mol. The van der Waals surface area contributed by atoms with Crippen molar-refractivity contribution in [2.75, 3.05) is 6.54 Å². The molecule has 1 atom stereocenters. The summed E-state index contributed by atoms with van der Waals surface area (Å²) in [4.78, 5) is 4.17. The first-order chi connectivity index (χ1) is 10.4. The van der Waals surface area contributed by atoms with Crippen molar-refractivity contribution in [3.63, 3.8) is 0 Å². The van der Waals surface area contributed by atoms with Gasteiger partial charge in [-0.3, -0.25) is 4.98 Å². The molecule has 0 saturated carbocycles. The van der Waals surface area contributed by atoms with Crippen LogP contribution in [0.15, 0.2) is 54.9 Å². The lowest BCUT2D eigenvalue weighted by Crippen LogP contribution is -2.05. The molecule has 1 aromatic heterocycles. The Balaban J connectivity index is 1.79. The number of nitrogens with zero attached hydrogens (tertiary/aromatic N) is 1. The highest BCUT2D eigenvalue weighted by molar-refractivity contribution is 5.19. The van der Waals surface area contributed by atoms with Gasteiger partial charge in [-0.05, 0) is 61.8 Å². The van der Waals surface area contributed by atoms with E-state index < -0.39 is 0 Å². The Morgan fingerprint density at radius 1 is 0.905 bits per heavy atom. The van der Waals surface area contributed by atoms with E-state index in [-0.39, 0.29) is 0 Å². The topological polar surface area (TPSA) is 38.9 Å². The molecule has 0 aliphatic heterocycles. The van der Waals surface area contributed by atoms with Crippen LogP contribution < -0.4 is 5.73 Å². The van der Waals surface area contributed by atoms with Gasteiger partial charge in [0.2, 0.25) is 0 Å². The summed E-state index contributed by atoms with van der Waals surface area (Å²) in [7, 11) is 0. The summed E-state index contributed by atoms with van der Waals surface area (Å²) in [6.07, 6.45) is 11.0. The zero-order chi connectivity index (χ0) is 14.8. The number of hydrogen-bond donors (Lipinski definition) is 1. The number of nitrogens with two attached hydrogens (primary N) is 1. The minimum absolute atomic E-state index is 0.656. The lowest BCUT2D eigenvalue weighted by Gasteiger charge is -2.17. The number of pyridine rings is 1. The SMILES string of the molecule is NCCCC(CCCCc1cccnc1)c1ccccc1. The van der Waals surface area contributed by atoms with E-state index in [0.717, 1.165) is 19.4 Å². The van der Waals surface area contributed by atoms with E-state index in [1.165, 1.54) is 36.8 Å². The van der Waals surface area contributed by atoms with Gasteiger partial charge in [-0.15, -0.1) is 0 Å². The zero-order valence-corrected chi connectivity index (χ0v) is 12.7. The van der Waals surface area contributed by atoms with Crippen LogP contribution in [0.25, 0.3) is 0 Å². The third-order valence-electron chi connectivity index (χ3n) is 4.02. The van der Waals surface area contributed by atoms with E-state index in [1.54, 1.807) is 0 Å². The second-order valence-corrected chi connectivity index (χ2v) is 5.65. The van der Waals surface area contributed by atoms with E-state index >= 15 is 0 Å². The molecule has 1 aromatic carbocycles. The monoisotopic (exact) mass is 282 g/mol. The third kappa shape index (κ3) is 5.68. The largest absolute Gasteiger partial charge is 0.330 e. The summed E-state index contributed by atoms with van der Waals surface area (Å²) < 4.78 is 0. The second-order valence-electron chi connectivity index (χ2n) is 5.65. The van der Waals surface area contributed by atoms with E-state index in [4.69, 9.17) is 5.73 Å². The fourth-order valence-electron chi connectivity index (χ4n) is 2.83. The maximum absolute atomic E-state index is 5.68. The number of aryl methyl sites for hydroxylation is 1. The van der Waals surface area contributed by atoms with Crippen LogP contribution in [0.5, 0.6) is 0 Å². The van der Waals surface area contributed by atoms with Gasteiger partial charge in [0, 0.05) is 12.4 Å². The summed E-state index contributed by atoms with van der Waals surface area (Å²) in [6.45, 7) is 0.791. The summed E-state index contributed by atoms with van der Waals surface area (Å²) >= 11 is 0. The molecule has 0 fully saturated rings. The van der Waals surface area contributed by atoms with Gasteiger partial charge in [-0.2, -0.15) is 0 Å². The van der Waals surface area contributed by atoms with Crippen LogP contribution in [0.4, 0.5) is 0 Å². The Morgan fingerprint density at radius 3 is 2.43 bits per heavy atom. The van der Waals surface area contributed by atoms with Crippen molar-refractivity contribution < 1.29 is 0 Å². The van der Waals surface area contributed by atoms with Crippen molar-refractivity contribution in [2.45, 2.75) is 44.4 Å². The van der Waals surface area contributed by atoms with Crippen LogP contribution in [-0.4, -0.2) is 11.5 Å². The maximum atomic E-state index is 5.68. The average Bonchev–Trinajstić information content (AvgIpc) is 2.56. The van der Waals surface area contributed by atoms with Gasteiger partial charge in [0.1, 0.15) is 0 Å². The minimum atomic E-state index is 0.656. The predicted octanol–water partition coefficient (Wildman–Crippen LogP) is 4.32. The molecule has 0 amide bonds. The maximum Gasteiger partial charge on any atom is 0.0299 e. The van der Waals surface area contributed by atoms with Crippen LogP contribution in [0, 0.1) is 0 Å². The Bertz CT molecular complexity index is 481. The summed E-state index contributed by atoms with van der Waals surface area (Å²) in [6, 6.07) is 15.1. The van der Waals surface area contributed by atoms with E-state index in [0.29, 0.717) is 5.92 Å². The van der Waals surface area contributed by atoms with Crippen LogP contribution >= 0.6 is 0 Å². The molecule has 2 rings (SSSR count). The van der Waals surface area contributed by atoms with Gasteiger partial charge in [0.05, 0.1) is 0 Å². The van der Waals surface area contributed by atoms with Crippen molar-refractivity contribution in [3.05, 3.63) is 66.0 Å². The molecule has 112 valence electrons. The van der Waals surface area contributed by atoms with E-state index in [1.807, 2.05) is 18.5 Å². The Morgan fingerprint density at radius 2 is 1.71 bits per heavy atom. The van der Waals surface area contributed by atoms with Crippen LogP contribution in [0.1, 0.15) is 49.1 Å². The van der Waals surface area contributed by atoms with Gasteiger partial charge in [0.15, 0.2) is 0 Å². The Hall–Kier alpha value is -1.67. The molecule has 0 saturated heterocycles. The first-order valence-corrected chi connectivity index (χ1v) is 8.04. The minimum Gasteiger partial charge on any atom is -0.330 e. The van der Waals surface area contributed by atoms with Gasteiger partial charge >= 0.3 is 0 Å². The number of aromatic nitrogens is 1. The van der Waals surface area contributed by atoms with Gasteiger partial charge in [-0.25, -0.2) is 0 Å². The highest BCUT2D eigenvalue weighted by atomic mass is 14.6. The third-order valence-corrected chi connectivity index (χ3v) is 4.02. The molecule has 2 nitrogen and oxygen atoms in total. The molecule has 1 heterocycles. The zero-order valence-electron chi connectivity index (χ0n) is 12.7. The molecule has 0 spiro atoms. The summed E-state index contributed by atoms with van der Waals surface area (Å²) in [5, 5.41) is 0. The van der Waals surface area contributed by atoms with Gasteiger partial charge < -0.3 is 5.73 Å². The molecule has 0 bridgehead atoms. The Kier molecular flexibility index (Phi) is 6.96. The first-order valence-electron chi connectivity index (χ1n) is 8.04. The van der Waals surface area contributed by atoms with E-state index in [2.05, 4.69) is 41.4 Å². The van der Waals surface area contributed by atoms with Crippen LogP contribution in [-0.2, 0) is 6.42 Å². The van der Waals surface area contributed by atoms with Crippen molar-refractivity contribution in [3.8, 4) is 0 Å². The highest BCUT2D eigenvalue weighted by Gasteiger charge is 2.10. The average molecular weight is 282 g/mol. The van der Waals surface area contributed by atoms with Crippen molar-refractivity contribution in [1.82, 2.24) is 4.98 Å². The van der Waals surface area contributed by atoms with E-state index in [9.17, 15) is 0 Å². The van der Waals surface area contributed by atoms with Gasteiger partial charge in [0.25, 0.3) is 0 Å². The number of hydrogen-bond acceptors (Lipinski definition) is 2.